The number of benzene rings is 1. The summed E-state index contributed by atoms with van der Waals surface area (Å²) in [6, 6.07) is 7.81. The van der Waals surface area contributed by atoms with Gasteiger partial charge in [0.15, 0.2) is 0 Å². The second-order valence-electron chi connectivity index (χ2n) is 6.21. The third kappa shape index (κ3) is 3.01. The Balaban J connectivity index is 1.58. The Morgan fingerprint density at radius 2 is 2.27 bits per heavy atom. The van der Waals surface area contributed by atoms with Crippen molar-refractivity contribution in [3.8, 4) is 17.1 Å². The number of aromatic amines is 1. The standard InChI is InChI=1S/C18H19N7O/c1-2-5-16-8-4-9-24(16)17(26)14-7-3-6-13(10-14)15-11-19-25(12-15)18-20-22-23-21-18/h3-4,6-8,10-12,16H,2,5,9H2,1H3,(H,20,21,22,23)/t16-/m0/s1. The molecule has 1 atom stereocenters. The minimum absolute atomic E-state index is 0.0564. The number of rotatable bonds is 5. The molecule has 3 heterocycles. The van der Waals surface area contributed by atoms with Crippen LogP contribution in [0.1, 0.15) is 30.1 Å². The monoisotopic (exact) mass is 349 g/mol. The van der Waals surface area contributed by atoms with Gasteiger partial charge < -0.3 is 4.90 Å². The smallest absolute Gasteiger partial charge is 0.290 e. The van der Waals surface area contributed by atoms with Crippen molar-refractivity contribution < 1.29 is 4.79 Å². The molecule has 2 aromatic heterocycles. The zero-order valence-electron chi connectivity index (χ0n) is 14.4. The summed E-state index contributed by atoms with van der Waals surface area (Å²) in [7, 11) is 0. The molecule has 0 unspecified atom stereocenters. The van der Waals surface area contributed by atoms with Crippen molar-refractivity contribution in [2.45, 2.75) is 25.8 Å². The minimum atomic E-state index is 0.0564. The second kappa shape index (κ2) is 6.91. The first-order valence-electron chi connectivity index (χ1n) is 8.63. The maximum Gasteiger partial charge on any atom is 0.290 e. The topological polar surface area (TPSA) is 92.6 Å². The quantitative estimate of drug-likeness (QED) is 0.713. The number of aromatic nitrogens is 6. The Morgan fingerprint density at radius 3 is 3.08 bits per heavy atom. The molecule has 4 rings (SSSR count). The van der Waals surface area contributed by atoms with Crippen molar-refractivity contribution >= 4 is 5.91 Å². The maximum atomic E-state index is 12.9. The Labute approximate surface area is 150 Å². The molecule has 8 heteroatoms. The van der Waals surface area contributed by atoms with Crippen LogP contribution in [-0.4, -0.2) is 53.8 Å². The first-order chi connectivity index (χ1) is 12.8. The molecule has 0 saturated carbocycles. The summed E-state index contributed by atoms with van der Waals surface area (Å²) < 4.78 is 1.54. The molecule has 3 aromatic rings. The zero-order chi connectivity index (χ0) is 17.9. The summed E-state index contributed by atoms with van der Waals surface area (Å²) in [6.45, 7) is 2.81. The van der Waals surface area contributed by atoms with Gasteiger partial charge in [-0.25, -0.2) is 4.68 Å². The highest BCUT2D eigenvalue weighted by Crippen LogP contribution is 2.23. The highest BCUT2D eigenvalue weighted by atomic mass is 16.2. The van der Waals surface area contributed by atoms with Gasteiger partial charge in [-0.05, 0) is 29.3 Å². The van der Waals surface area contributed by atoms with Crippen LogP contribution in [0.4, 0.5) is 0 Å². The van der Waals surface area contributed by atoms with Gasteiger partial charge in [-0.1, -0.05) is 42.7 Å². The Morgan fingerprint density at radius 1 is 1.35 bits per heavy atom. The molecule has 1 aromatic carbocycles. The van der Waals surface area contributed by atoms with Crippen LogP contribution >= 0.6 is 0 Å². The van der Waals surface area contributed by atoms with E-state index in [0.717, 1.165) is 24.0 Å². The lowest BCUT2D eigenvalue weighted by atomic mass is 10.0. The molecule has 0 radical (unpaired) electrons. The lowest BCUT2D eigenvalue weighted by Crippen LogP contribution is -2.35. The lowest BCUT2D eigenvalue weighted by molar-refractivity contribution is 0.0744. The van der Waals surface area contributed by atoms with Gasteiger partial charge in [-0.2, -0.15) is 10.3 Å². The molecule has 0 spiro atoms. The van der Waals surface area contributed by atoms with Crippen LogP contribution in [0.15, 0.2) is 48.8 Å². The molecule has 0 bridgehead atoms. The van der Waals surface area contributed by atoms with Gasteiger partial charge in [-0.3, -0.25) is 4.79 Å². The number of nitrogens with zero attached hydrogens (tertiary/aromatic N) is 6. The van der Waals surface area contributed by atoms with E-state index in [1.807, 2.05) is 35.4 Å². The summed E-state index contributed by atoms with van der Waals surface area (Å²) in [6.07, 6.45) is 9.76. The van der Waals surface area contributed by atoms with E-state index >= 15 is 0 Å². The van der Waals surface area contributed by atoms with E-state index in [4.69, 9.17) is 0 Å². The predicted molar refractivity (Wildman–Crippen MR) is 95.6 cm³/mol. The molecule has 0 fully saturated rings. The Hall–Kier alpha value is -3.29. The van der Waals surface area contributed by atoms with Crippen molar-refractivity contribution in [3.63, 3.8) is 0 Å². The van der Waals surface area contributed by atoms with Crippen LogP contribution in [0.2, 0.25) is 0 Å². The third-order valence-corrected chi connectivity index (χ3v) is 4.47. The highest BCUT2D eigenvalue weighted by molar-refractivity contribution is 5.96. The number of tetrazole rings is 1. The van der Waals surface area contributed by atoms with Crippen LogP contribution < -0.4 is 0 Å². The van der Waals surface area contributed by atoms with Crippen LogP contribution in [0.5, 0.6) is 0 Å². The van der Waals surface area contributed by atoms with Gasteiger partial charge in [-0.15, -0.1) is 5.10 Å². The maximum absolute atomic E-state index is 12.9. The summed E-state index contributed by atoms with van der Waals surface area (Å²) in [5, 5.41) is 18.0. The summed E-state index contributed by atoms with van der Waals surface area (Å²) in [4.78, 5) is 14.9. The molecular weight excluding hydrogens is 330 g/mol. The normalized spacial score (nSPS) is 16.3. The van der Waals surface area contributed by atoms with E-state index in [9.17, 15) is 4.79 Å². The summed E-state index contributed by atoms with van der Waals surface area (Å²) in [5.74, 6) is 0.426. The predicted octanol–water partition coefficient (Wildman–Crippen LogP) is 2.23. The molecule has 132 valence electrons. The molecule has 0 aliphatic carbocycles. The average molecular weight is 349 g/mol. The molecule has 0 saturated heterocycles. The van der Waals surface area contributed by atoms with E-state index in [0.29, 0.717) is 18.1 Å². The fraction of sp³-hybridized carbons (Fsp3) is 0.278. The second-order valence-corrected chi connectivity index (χ2v) is 6.21. The first kappa shape index (κ1) is 16.2. The first-order valence-corrected chi connectivity index (χ1v) is 8.63. The van der Waals surface area contributed by atoms with Crippen molar-refractivity contribution in [1.29, 1.82) is 0 Å². The number of hydrogen-bond donors (Lipinski definition) is 1. The van der Waals surface area contributed by atoms with Gasteiger partial charge in [0, 0.05) is 23.9 Å². The largest absolute Gasteiger partial charge is 0.328 e. The van der Waals surface area contributed by atoms with Gasteiger partial charge in [0.25, 0.3) is 11.9 Å². The molecule has 1 N–H and O–H groups in total. The Bertz CT molecular complexity index is 929. The van der Waals surface area contributed by atoms with Gasteiger partial charge >= 0.3 is 0 Å². The fourth-order valence-electron chi connectivity index (χ4n) is 3.18. The number of hydrogen-bond acceptors (Lipinski definition) is 5. The highest BCUT2D eigenvalue weighted by Gasteiger charge is 2.25. The number of nitrogens with one attached hydrogen (secondary N) is 1. The van der Waals surface area contributed by atoms with E-state index in [1.54, 1.807) is 6.20 Å². The van der Waals surface area contributed by atoms with Gasteiger partial charge in [0.2, 0.25) is 0 Å². The van der Waals surface area contributed by atoms with Crippen molar-refractivity contribution in [2.24, 2.45) is 0 Å². The zero-order valence-corrected chi connectivity index (χ0v) is 14.4. The van der Waals surface area contributed by atoms with Gasteiger partial charge in [0.05, 0.1) is 12.2 Å². The van der Waals surface area contributed by atoms with E-state index in [2.05, 4.69) is 44.8 Å². The fourth-order valence-corrected chi connectivity index (χ4v) is 3.18. The van der Waals surface area contributed by atoms with Gasteiger partial charge in [0.1, 0.15) is 0 Å². The summed E-state index contributed by atoms with van der Waals surface area (Å²) in [5.41, 5.74) is 2.48. The van der Waals surface area contributed by atoms with Crippen LogP contribution in [-0.2, 0) is 0 Å². The third-order valence-electron chi connectivity index (χ3n) is 4.47. The van der Waals surface area contributed by atoms with Crippen LogP contribution in [0.25, 0.3) is 17.1 Å². The van der Waals surface area contributed by atoms with E-state index < -0.39 is 0 Å². The van der Waals surface area contributed by atoms with Crippen LogP contribution in [0.3, 0.4) is 0 Å². The Kier molecular flexibility index (Phi) is 4.30. The van der Waals surface area contributed by atoms with E-state index in [1.165, 1.54) is 4.68 Å². The molecule has 1 aliphatic rings. The summed E-state index contributed by atoms with van der Waals surface area (Å²) >= 11 is 0. The molecule has 1 amide bonds. The van der Waals surface area contributed by atoms with Crippen molar-refractivity contribution in [3.05, 3.63) is 54.4 Å². The van der Waals surface area contributed by atoms with Crippen LogP contribution in [0, 0.1) is 0 Å². The van der Waals surface area contributed by atoms with Crippen molar-refractivity contribution in [1.82, 2.24) is 35.3 Å². The number of carbonyl (C=O) groups excluding carboxylic acids is 1. The number of amides is 1. The lowest BCUT2D eigenvalue weighted by Gasteiger charge is -2.24. The molecular formula is C18H19N7O. The SMILES string of the molecule is CCC[C@H]1C=CCN1C(=O)c1cccc(-c2cnn(-c3nn[nH]n3)c2)c1. The number of H-pyrrole nitrogens is 1. The van der Waals surface area contributed by atoms with E-state index in [-0.39, 0.29) is 11.9 Å². The van der Waals surface area contributed by atoms with Crippen molar-refractivity contribution in [2.75, 3.05) is 6.54 Å². The molecule has 26 heavy (non-hydrogen) atoms. The molecule has 8 nitrogen and oxygen atoms in total. The average Bonchev–Trinajstić information content (AvgIpc) is 3.41. The number of carbonyl (C=O) groups is 1. The molecule has 1 aliphatic heterocycles. The minimum Gasteiger partial charge on any atom is -0.328 e.